The zero-order valence-electron chi connectivity index (χ0n) is 22.8. The first-order chi connectivity index (χ1) is 17.2. The number of amidine groups is 1. The number of carbonyl (C=O) groups excluding carboxylic acids is 2. The van der Waals surface area contributed by atoms with Crippen molar-refractivity contribution in [2.45, 2.75) is 78.2 Å². The van der Waals surface area contributed by atoms with Crippen LogP contribution in [0.25, 0.3) is 0 Å². The van der Waals surface area contributed by atoms with Crippen LogP contribution in [-0.2, 0) is 21.2 Å². The number of aryl methyl sites for hydroxylation is 2. The van der Waals surface area contributed by atoms with Crippen LogP contribution in [0.5, 0.6) is 0 Å². The van der Waals surface area contributed by atoms with E-state index in [-0.39, 0.29) is 11.7 Å². The third-order valence-corrected chi connectivity index (χ3v) is 10.5. The molecule has 2 aliphatic heterocycles. The van der Waals surface area contributed by atoms with E-state index in [0.29, 0.717) is 49.4 Å². The van der Waals surface area contributed by atoms with Gasteiger partial charge in [0.2, 0.25) is 10.0 Å². The van der Waals surface area contributed by atoms with E-state index in [9.17, 15) is 18.0 Å². The molecule has 1 aromatic rings. The summed E-state index contributed by atoms with van der Waals surface area (Å²) in [5.74, 6) is 1.02. The topological polar surface area (TPSA) is 125 Å². The molecule has 3 N–H and O–H groups in total. The Hall–Kier alpha value is -2.46. The largest absolute Gasteiger partial charge is 0.351 e. The summed E-state index contributed by atoms with van der Waals surface area (Å²) in [7, 11) is -1.89. The number of hydrogen-bond donors (Lipinski definition) is 2. The summed E-state index contributed by atoms with van der Waals surface area (Å²) in [6.07, 6.45) is 5.49. The molecule has 0 unspecified atom stereocenters. The number of nitrogens with two attached hydrogens (primary N) is 1. The van der Waals surface area contributed by atoms with Gasteiger partial charge in [-0.05, 0) is 93.0 Å². The van der Waals surface area contributed by atoms with Crippen molar-refractivity contribution >= 4 is 33.5 Å². The lowest BCUT2D eigenvalue weighted by Crippen LogP contribution is -2.51. The molecule has 3 amide bonds. The molecule has 1 aromatic carbocycles. The van der Waals surface area contributed by atoms with Crippen molar-refractivity contribution < 1.29 is 18.0 Å². The van der Waals surface area contributed by atoms with Crippen LogP contribution < -0.4 is 16.0 Å². The minimum absolute atomic E-state index is 0.00867. The van der Waals surface area contributed by atoms with Gasteiger partial charge in [0, 0.05) is 31.7 Å². The molecule has 4 rings (SSSR count). The quantitative estimate of drug-likeness (QED) is 0.584. The molecule has 204 valence electrons. The van der Waals surface area contributed by atoms with Crippen LogP contribution in [0.4, 0.5) is 10.5 Å². The van der Waals surface area contributed by atoms with Gasteiger partial charge in [0.15, 0.2) is 0 Å². The predicted molar refractivity (Wildman–Crippen MR) is 146 cm³/mol. The molecule has 0 aromatic heterocycles. The maximum atomic E-state index is 13.2. The number of nitrogens with zero attached hydrogens (tertiary/aromatic N) is 3. The molecule has 1 saturated carbocycles. The molecule has 2 fully saturated rings. The first-order valence-corrected chi connectivity index (χ1v) is 14.9. The minimum Gasteiger partial charge on any atom is -0.351 e. The molecule has 0 atom stereocenters. The van der Waals surface area contributed by atoms with Crippen molar-refractivity contribution in [3.8, 4) is 0 Å². The Labute approximate surface area is 220 Å². The van der Waals surface area contributed by atoms with Gasteiger partial charge in [0.1, 0.15) is 11.4 Å². The highest BCUT2D eigenvalue weighted by atomic mass is 32.2. The molecule has 0 radical (unpaired) electrons. The third kappa shape index (κ3) is 5.70. The lowest BCUT2D eigenvalue weighted by Gasteiger charge is -2.35. The standard InChI is InChI=1S/C27H41N5O4S/c1-18-16-21(31(5)25(28)34)17-19(2)22(18)8-15-37(35,36)32-13-11-27(12-14-32)24(33)29-23(30-27)20-6-9-26(3,4)10-7-20/h16-17,20H,6-15H2,1-5H3,(H2,28,34)(H,29,30,33). The van der Waals surface area contributed by atoms with Gasteiger partial charge in [-0.15, -0.1) is 0 Å². The van der Waals surface area contributed by atoms with Gasteiger partial charge < -0.3 is 11.1 Å². The molecule has 10 heteroatoms. The number of rotatable bonds is 6. The van der Waals surface area contributed by atoms with E-state index in [4.69, 9.17) is 10.7 Å². The third-order valence-electron chi connectivity index (χ3n) is 8.68. The summed E-state index contributed by atoms with van der Waals surface area (Å²) >= 11 is 0. The van der Waals surface area contributed by atoms with E-state index in [0.717, 1.165) is 48.2 Å². The van der Waals surface area contributed by atoms with Crippen LogP contribution in [0.15, 0.2) is 17.1 Å². The highest BCUT2D eigenvalue weighted by Crippen LogP contribution is 2.40. The summed E-state index contributed by atoms with van der Waals surface area (Å²) < 4.78 is 28.0. The Morgan fingerprint density at radius 2 is 1.70 bits per heavy atom. The van der Waals surface area contributed by atoms with Crippen LogP contribution >= 0.6 is 0 Å². The average Bonchev–Trinajstić information content (AvgIpc) is 3.13. The van der Waals surface area contributed by atoms with E-state index in [1.807, 2.05) is 26.0 Å². The number of amides is 3. The summed E-state index contributed by atoms with van der Waals surface area (Å²) in [4.78, 5) is 30.7. The van der Waals surface area contributed by atoms with E-state index in [1.54, 1.807) is 7.05 Å². The number of aliphatic imine (C=N–C) groups is 1. The minimum atomic E-state index is -3.50. The first kappa shape index (κ1) is 27.6. The Morgan fingerprint density at radius 1 is 1.14 bits per heavy atom. The van der Waals surface area contributed by atoms with E-state index >= 15 is 0 Å². The molecular formula is C27H41N5O4S. The van der Waals surface area contributed by atoms with Crippen molar-refractivity contribution in [1.82, 2.24) is 9.62 Å². The number of nitrogens with one attached hydrogen (secondary N) is 1. The second kappa shape index (κ2) is 10.0. The van der Waals surface area contributed by atoms with Crippen LogP contribution in [0, 0.1) is 25.2 Å². The average molecular weight is 532 g/mol. The van der Waals surface area contributed by atoms with Gasteiger partial charge in [-0.25, -0.2) is 17.5 Å². The number of benzene rings is 1. The molecule has 2 heterocycles. The Morgan fingerprint density at radius 3 is 2.24 bits per heavy atom. The molecular weight excluding hydrogens is 490 g/mol. The SMILES string of the molecule is Cc1cc(N(C)C(N)=O)cc(C)c1CCS(=O)(=O)N1CCC2(CC1)N=C(C1CCC(C)(C)CC1)NC2=O. The number of carbonyl (C=O) groups is 2. The highest BCUT2D eigenvalue weighted by Gasteiger charge is 2.48. The fourth-order valence-electron chi connectivity index (χ4n) is 5.93. The maximum absolute atomic E-state index is 13.2. The number of sulfonamides is 1. The molecule has 0 bridgehead atoms. The fourth-order valence-corrected chi connectivity index (χ4v) is 7.39. The van der Waals surface area contributed by atoms with Crippen molar-refractivity contribution in [3.63, 3.8) is 0 Å². The molecule has 1 spiro atoms. The Kier molecular flexibility index (Phi) is 7.47. The lowest BCUT2D eigenvalue weighted by molar-refractivity contribution is -0.125. The van der Waals surface area contributed by atoms with Gasteiger partial charge in [0.25, 0.3) is 5.91 Å². The summed E-state index contributed by atoms with van der Waals surface area (Å²) in [6.45, 7) is 9.00. The molecule has 3 aliphatic rings. The van der Waals surface area contributed by atoms with E-state index < -0.39 is 21.6 Å². The van der Waals surface area contributed by atoms with Crippen LogP contribution in [0.2, 0.25) is 0 Å². The summed E-state index contributed by atoms with van der Waals surface area (Å²) in [5, 5.41) is 3.05. The second-order valence-electron chi connectivity index (χ2n) is 11.8. The number of hydrogen-bond acceptors (Lipinski definition) is 5. The smallest absolute Gasteiger partial charge is 0.318 e. The van der Waals surface area contributed by atoms with E-state index in [2.05, 4.69) is 19.2 Å². The second-order valence-corrected chi connectivity index (χ2v) is 13.9. The van der Waals surface area contributed by atoms with Gasteiger partial charge in [-0.3, -0.25) is 14.7 Å². The van der Waals surface area contributed by atoms with Gasteiger partial charge in [-0.2, -0.15) is 0 Å². The normalized spacial score (nSPS) is 22.1. The van der Waals surface area contributed by atoms with E-state index in [1.165, 1.54) is 9.21 Å². The number of urea groups is 1. The van der Waals surface area contributed by atoms with Crippen molar-refractivity contribution in [3.05, 3.63) is 28.8 Å². The van der Waals surface area contributed by atoms with Crippen LogP contribution in [0.3, 0.4) is 0 Å². The van der Waals surface area contributed by atoms with Crippen molar-refractivity contribution in [2.75, 3.05) is 30.8 Å². The first-order valence-electron chi connectivity index (χ1n) is 13.3. The summed E-state index contributed by atoms with van der Waals surface area (Å²) in [6, 6.07) is 3.16. The summed E-state index contributed by atoms with van der Waals surface area (Å²) in [5.41, 5.74) is 8.38. The molecule has 1 aliphatic carbocycles. The molecule has 9 nitrogen and oxygen atoms in total. The number of anilines is 1. The fraction of sp³-hybridized carbons (Fsp3) is 0.667. The van der Waals surface area contributed by atoms with Crippen LogP contribution in [-0.4, -0.2) is 61.9 Å². The predicted octanol–water partition coefficient (Wildman–Crippen LogP) is 3.27. The monoisotopic (exact) mass is 531 g/mol. The van der Waals surface area contributed by atoms with Gasteiger partial charge in [-0.1, -0.05) is 13.8 Å². The lowest BCUT2D eigenvalue weighted by atomic mass is 9.73. The Bertz CT molecular complexity index is 1180. The Balaban J connectivity index is 1.38. The molecule has 37 heavy (non-hydrogen) atoms. The van der Waals surface area contributed by atoms with Crippen molar-refractivity contribution in [1.29, 1.82) is 0 Å². The van der Waals surface area contributed by atoms with Crippen LogP contribution in [0.1, 0.15) is 69.1 Å². The molecule has 1 saturated heterocycles. The number of piperidine rings is 1. The number of primary amides is 1. The van der Waals surface area contributed by atoms with Crippen molar-refractivity contribution in [2.24, 2.45) is 22.1 Å². The van der Waals surface area contributed by atoms with Gasteiger partial charge >= 0.3 is 6.03 Å². The maximum Gasteiger partial charge on any atom is 0.318 e. The zero-order chi connectivity index (χ0) is 27.2. The zero-order valence-corrected chi connectivity index (χ0v) is 23.6. The van der Waals surface area contributed by atoms with Gasteiger partial charge in [0.05, 0.1) is 5.75 Å². The highest BCUT2D eigenvalue weighted by molar-refractivity contribution is 7.89.